The van der Waals surface area contributed by atoms with E-state index in [2.05, 4.69) is 31.2 Å². The second-order valence-electron chi connectivity index (χ2n) is 3.32. The smallest absolute Gasteiger partial charge is 0.135 e. The van der Waals surface area contributed by atoms with E-state index >= 15 is 0 Å². The monoisotopic (exact) mass is 259 g/mol. The van der Waals surface area contributed by atoms with Crippen LogP contribution in [0.4, 0.5) is 10.2 Å². The van der Waals surface area contributed by atoms with Crippen molar-refractivity contribution in [2.24, 2.45) is 0 Å². The zero-order valence-corrected chi connectivity index (χ0v) is 9.22. The first-order chi connectivity index (χ1) is 6.79. The number of aromatic nitrogens is 2. The molecule has 0 radical (unpaired) electrons. The van der Waals surface area contributed by atoms with Crippen LogP contribution in [0, 0.1) is 0 Å². The first-order valence-corrected chi connectivity index (χ1v) is 5.43. The fourth-order valence-electron chi connectivity index (χ4n) is 1.23. The fourth-order valence-corrected chi connectivity index (χ4v) is 1.62. The van der Waals surface area contributed by atoms with Gasteiger partial charge in [-0.2, -0.15) is 0 Å². The van der Waals surface area contributed by atoms with E-state index in [0.717, 1.165) is 10.4 Å². The fraction of sp³-hybridized carbons (Fsp3) is 0.556. The van der Waals surface area contributed by atoms with Gasteiger partial charge in [-0.15, -0.1) is 0 Å². The van der Waals surface area contributed by atoms with Gasteiger partial charge in [0.05, 0.1) is 0 Å². The number of nitrogens with zero attached hydrogens (tertiary/aromatic N) is 2. The molecule has 1 heterocycles. The van der Waals surface area contributed by atoms with Gasteiger partial charge in [-0.25, -0.2) is 14.4 Å². The first kappa shape index (κ1) is 9.83. The molecule has 3 nitrogen and oxygen atoms in total. The third-order valence-electron chi connectivity index (χ3n) is 2.06. The van der Waals surface area contributed by atoms with Crippen molar-refractivity contribution in [3.05, 3.63) is 16.5 Å². The summed E-state index contributed by atoms with van der Waals surface area (Å²) in [5.41, 5.74) is 0. The summed E-state index contributed by atoms with van der Waals surface area (Å²) in [6.45, 7) is -0.0893. The Balaban J connectivity index is 2.13. The van der Waals surface area contributed by atoms with Gasteiger partial charge in [0.15, 0.2) is 0 Å². The highest BCUT2D eigenvalue weighted by atomic mass is 79.9. The SMILES string of the molecule is FCCNc1cc(Br)nc(C2CC2)n1. The molecule has 0 amide bonds. The highest BCUT2D eigenvalue weighted by molar-refractivity contribution is 9.10. The number of hydrogen-bond acceptors (Lipinski definition) is 3. The minimum atomic E-state index is -0.389. The Morgan fingerprint density at radius 1 is 1.50 bits per heavy atom. The van der Waals surface area contributed by atoms with Crippen molar-refractivity contribution in [2.45, 2.75) is 18.8 Å². The van der Waals surface area contributed by atoms with Gasteiger partial charge in [0.1, 0.15) is 22.9 Å². The van der Waals surface area contributed by atoms with Gasteiger partial charge >= 0.3 is 0 Å². The van der Waals surface area contributed by atoms with Crippen LogP contribution >= 0.6 is 15.9 Å². The van der Waals surface area contributed by atoms with E-state index in [1.165, 1.54) is 12.8 Å². The first-order valence-electron chi connectivity index (χ1n) is 4.64. The molecule has 2 rings (SSSR count). The molecule has 76 valence electrons. The Labute approximate surface area is 90.3 Å². The maximum Gasteiger partial charge on any atom is 0.135 e. The summed E-state index contributed by atoms with van der Waals surface area (Å²) in [6.07, 6.45) is 2.33. The summed E-state index contributed by atoms with van der Waals surface area (Å²) < 4.78 is 12.7. The lowest BCUT2D eigenvalue weighted by atomic mass is 10.4. The van der Waals surface area contributed by atoms with E-state index in [1.807, 2.05) is 0 Å². The number of alkyl halides is 1. The summed E-state index contributed by atoms with van der Waals surface area (Å²) in [4.78, 5) is 8.59. The predicted octanol–water partition coefficient (Wildman–Crippen LogP) is 2.50. The summed E-state index contributed by atoms with van der Waals surface area (Å²) in [6, 6.07) is 1.77. The van der Waals surface area contributed by atoms with Crippen LogP contribution in [-0.2, 0) is 0 Å². The Bertz CT molecular complexity index is 328. The number of halogens is 2. The van der Waals surface area contributed by atoms with Crippen molar-refractivity contribution in [3.8, 4) is 0 Å². The highest BCUT2D eigenvalue weighted by Crippen LogP contribution is 2.38. The molecule has 1 aliphatic rings. The molecular formula is C9H11BrFN3. The zero-order valence-electron chi connectivity index (χ0n) is 7.63. The molecule has 0 bridgehead atoms. The molecule has 1 saturated carbocycles. The largest absolute Gasteiger partial charge is 0.367 e. The average molecular weight is 260 g/mol. The van der Waals surface area contributed by atoms with Crippen LogP contribution in [0.1, 0.15) is 24.6 Å². The van der Waals surface area contributed by atoms with Gasteiger partial charge < -0.3 is 5.32 Å². The van der Waals surface area contributed by atoms with E-state index in [9.17, 15) is 4.39 Å². The van der Waals surface area contributed by atoms with E-state index in [0.29, 0.717) is 18.3 Å². The molecule has 0 atom stereocenters. The van der Waals surface area contributed by atoms with E-state index in [4.69, 9.17) is 0 Å². The van der Waals surface area contributed by atoms with Gasteiger partial charge in [0.25, 0.3) is 0 Å². The molecule has 1 fully saturated rings. The zero-order chi connectivity index (χ0) is 9.97. The van der Waals surface area contributed by atoms with Gasteiger partial charge in [0.2, 0.25) is 0 Å². The molecule has 0 unspecified atom stereocenters. The van der Waals surface area contributed by atoms with Gasteiger partial charge in [-0.3, -0.25) is 0 Å². The number of hydrogen-bond donors (Lipinski definition) is 1. The van der Waals surface area contributed by atoms with Crippen LogP contribution in [0.3, 0.4) is 0 Å². The van der Waals surface area contributed by atoms with Crippen LogP contribution in [0.2, 0.25) is 0 Å². The lowest BCUT2D eigenvalue weighted by Gasteiger charge is -2.05. The predicted molar refractivity (Wildman–Crippen MR) is 56.2 cm³/mol. The Morgan fingerprint density at radius 3 is 2.93 bits per heavy atom. The van der Waals surface area contributed by atoms with Crippen LogP contribution in [0.25, 0.3) is 0 Å². The summed E-state index contributed by atoms with van der Waals surface area (Å²) in [5.74, 6) is 2.07. The topological polar surface area (TPSA) is 37.8 Å². The Morgan fingerprint density at radius 2 is 2.29 bits per heavy atom. The van der Waals surface area contributed by atoms with Crippen molar-refractivity contribution >= 4 is 21.7 Å². The summed E-state index contributed by atoms with van der Waals surface area (Å²) in [7, 11) is 0. The average Bonchev–Trinajstić information content (AvgIpc) is 2.97. The van der Waals surface area contributed by atoms with E-state index < -0.39 is 0 Å². The van der Waals surface area contributed by atoms with Crippen molar-refractivity contribution in [1.82, 2.24) is 9.97 Å². The third-order valence-corrected chi connectivity index (χ3v) is 2.46. The van der Waals surface area contributed by atoms with E-state index in [-0.39, 0.29) is 6.67 Å². The normalized spacial score (nSPS) is 15.6. The maximum atomic E-state index is 11.9. The number of nitrogens with one attached hydrogen (secondary N) is 1. The summed E-state index contributed by atoms with van der Waals surface area (Å²) >= 11 is 3.32. The second kappa shape index (κ2) is 4.21. The minimum absolute atomic E-state index is 0.299. The third kappa shape index (κ3) is 2.41. The molecule has 0 aliphatic heterocycles. The standard InChI is InChI=1S/C9H11BrFN3/c10-7-5-8(12-4-3-11)14-9(13-7)6-1-2-6/h5-6H,1-4H2,(H,12,13,14). The van der Waals surface area contributed by atoms with Crippen LogP contribution in [0.5, 0.6) is 0 Å². The molecule has 14 heavy (non-hydrogen) atoms. The van der Waals surface area contributed by atoms with Gasteiger partial charge in [0, 0.05) is 18.5 Å². The molecule has 0 spiro atoms. The molecule has 1 N–H and O–H groups in total. The van der Waals surface area contributed by atoms with Crippen LogP contribution in [-0.4, -0.2) is 23.2 Å². The molecule has 1 aromatic heterocycles. The van der Waals surface area contributed by atoms with Gasteiger partial charge in [-0.05, 0) is 28.8 Å². The lowest BCUT2D eigenvalue weighted by molar-refractivity contribution is 0.512. The number of rotatable bonds is 4. The molecule has 0 aromatic carbocycles. The maximum absolute atomic E-state index is 11.9. The van der Waals surface area contributed by atoms with Gasteiger partial charge in [-0.1, -0.05) is 0 Å². The van der Waals surface area contributed by atoms with Crippen molar-refractivity contribution in [3.63, 3.8) is 0 Å². The quantitative estimate of drug-likeness (QED) is 0.845. The Kier molecular flexibility index (Phi) is 2.96. The molecule has 0 saturated heterocycles. The van der Waals surface area contributed by atoms with Crippen molar-refractivity contribution < 1.29 is 4.39 Å². The number of anilines is 1. The molecule has 1 aromatic rings. The second-order valence-corrected chi connectivity index (χ2v) is 4.14. The minimum Gasteiger partial charge on any atom is -0.367 e. The highest BCUT2D eigenvalue weighted by Gasteiger charge is 2.27. The van der Waals surface area contributed by atoms with Crippen molar-refractivity contribution in [2.75, 3.05) is 18.5 Å². The lowest BCUT2D eigenvalue weighted by Crippen LogP contribution is -2.06. The Hall–Kier alpha value is -0.710. The van der Waals surface area contributed by atoms with Crippen molar-refractivity contribution in [1.29, 1.82) is 0 Å². The molecule has 5 heteroatoms. The van der Waals surface area contributed by atoms with E-state index in [1.54, 1.807) is 6.07 Å². The molecular weight excluding hydrogens is 249 g/mol. The van der Waals surface area contributed by atoms with Crippen LogP contribution in [0.15, 0.2) is 10.7 Å². The summed E-state index contributed by atoms with van der Waals surface area (Å²) in [5, 5.41) is 2.90. The molecule has 1 aliphatic carbocycles. The van der Waals surface area contributed by atoms with Crippen LogP contribution < -0.4 is 5.32 Å².